The molecule has 0 fully saturated rings. The van der Waals surface area contributed by atoms with Crippen LogP contribution in [0.2, 0.25) is 0 Å². The quantitative estimate of drug-likeness (QED) is 0.181. The molecule has 0 unspecified atom stereocenters. The van der Waals surface area contributed by atoms with Crippen LogP contribution in [0.4, 0.5) is 0 Å². The van der Waals surface area contributed by atoms with Crippen molar-refractivity contribution in [2.24, 2.45) is 0 Å². The number of rotatable bonds is 7. The van der Waals surface area contributed by atoms with E-state index in [4.69, 9.17) is 9.97 Å². The predicted octanol–water partition coefficient (Wildman–Crippen LogP) is 11.4. The molecule has 0 radical (unpaired) electrons. The van der Waals surface area contributed by atoms with Crippen molar-refractivity contribution in [2.45, 2.75) is 26.7 Å². The van der Waals surface area contributed by atoms with Gasteiger partial charge in [0.2, 0.25) is 0 Å². The number of benzene rings is 6. The molecule has 2 aromatic heterocycles. The van der Waals surface area contributed by atoms with E-state index in [0.717, 1.165) is 58.0 Å². The summed E-state index contributed by atoms with van der Waals surface area (Å²) in [6.07, 6.45) is 2.06. The van der Waals surface area contributed by atoms with Crippen LogP contribution in [0.5, 0.6) is 0 Å². The first kappa shape index (κ1) is 28.7. The summed E-state index contributed by atoms with van der Waals surface area (Å²) in [5.74, 6) is 0.722. The first-order chi connectivity index (χ1) is 23.2. The van der Waals surface area contributed by atoms with E-state index in [1.807, 2.05) is 36.4 Å². The Bertz CT molecular complexity index is 2230. The summed E-state index contributed by atoms with van der Waals surface area (Å²) >= 11 is 0. The lowest BCUT2D eigenvalue weighted by molar-refractivity contribution is 1.13. The largest absolute Gasteiger partial charge is 0.309 e. The molecule has 47 heavy (non-hydrogen) atoms. The highest BCUT2D eigenvalue weighted by atomic mass is 15.0. The Hall–Kier alpha value is -5.80. The van der Waals surface area contributed by atoms with Crippen molar-refractivity contribution in [1.29, 1.82) is 0 Å². The van der Waals surface area contributed by atoms with Gasteiger partial charge < -0.3 is 4.57 Å². The molecule has 0 saturated heterocycles. The predicted molar refractivity (Wildman–Crippen MR) is 197 cm³/mol. The molecule has 6 aromatic carbocycles. The lowest BCUT2D eigenvalue weighted by atomic mass is 10.0. The van der Waals surface area contributed by atoms with E-state index in [-0.39, 0.29) is 0 Å². The van der Waals surface area contributed by atoms with Crippen molar-refractivity contribution >= 4 is 21.8 Å². The molecule has 0 aliphatic carbocycles. The minimum Gasteiger partial charge on any atom is -0.309 e. The Morgan fingerprint density at radius 2 is 0.957 bits per heavy atom. The highest BCUT2D eigenvalue weighted by Crippen LogP contribution is 2.35. The summed E-state index contributed by atoms with van der Waals surface area (Å²) in [7, 11) is 0. The molecule has 226 valence electrons. The van der Waals surface area contributed by atoms with Gasteiger partial charge in [0, 0.05) is 33.2 Å². The molecular weight excluding hydrogens is 571 g/mol. The van der Waals surface area contributed by atoms with Gasteiger partial charge >= 0.3 is 0 Å². The summed E-state index contributed by atoms with van der Waals surface area (Å²) in [5.41, 5.74) is 13.6. The van der Waals surface area contributed by atoms with Gasteiger partial charge in [-0.15, -0.1) is 0 Å². The highest BCUT2D eigenvalue weighted by molar-refractivity contribution is 6.09. The first-order valence-corrected chi connectivity index (χ1v) is 16.5. The zero-order valence-corrected chi connectivity index (χ0v) is 26.7. The third kappa shape index (κ3) is 5.40. The van der Waals surface area contributed by atoms with Gasteiger partial charge in [-0.05, 0) is 83.6 Å². The van der Waals surface area contributed by atoms with Crippen molar-refractivity contribution in [2.75, 3.05) is 0 Å². The van der Waals surface area contributed by atoms with Crippen LogP contribution >= 0.6 is 0 Å². The maximum absolute atomic E-state index is 5.05. The number of hydrogen-bond donors (Lipinski definition) is 0. The fraction of sp³-hybridized carbons (Fsp3) is 0.0909. The van der Waals surface area contributed by atoms with Crippen LogP contribution in [0.3, 0.4) is 0 Å². The van der Waals surface area contributed by atoms with Crippen molar-refractivity contribution in [3.63, 3.8) is 0 Å². The molecular formula is C44H35N3. The van der Waals surface area contributed by atoms with Gasteiger partial charge in [-0.3, -0.25) is 0 Å². The molecule has 0 saturated carbocycles. The summed E-state index contributed by atoms with van der Waals surface area (Å²) < 4.78 is 2.40. The normalized spacial score (nSPS) is 11.4. The third-order valence-corrected chi connectivity index (χ3v) is 9.16. The maximum atomic E-state index is 5.05. The Kier molecular flexibility index (Phi) is 7.43. The molecule has 8 aromatic rings. The van der Waals surface area contributed by atoms with Crippen LogP contribution in [0, 0.1) is 0 Å². The fourth-order valence-corrected chi connectivity index (χ4v) is 6.56. The van der Waals surface area contributed by atoms with Gasteiger partial charge in [0.1, 0.15) is 0 Å². The maximum Gasteiger partial charge on any atom is 0.160 e. The third-order valence-electron chi connectivity index (χ3n) is 9.16. The van der Waals surface area contributed by atoms with E-state index in [1.165, 1.54) is 38.5 Å². The molecule has 8 rings (SSSR count). The van der Waals surface area contributed by atoms with E-state index in [2.05, 4.69) is 134 Å². The Morgan fingerprint density at radius 1 is 0.426 bits per heavy atom. The average Bonchev–Trinajstić information content (AvgIpc) is 3.48. The molecule has 0 bridgehead atoms. The summed E-state index contributed by atoms with van der Waals surface area (Å²) in [6, 6.07) is 54.1. The molecule has 0 aliphatic heterocycles. The zero-order chi connectivity index (χ0) is 31.7. The van der Waals surface area contributed by atoms with Crippen LogP contribution in [0.1, 0.15) is 25.0 Å². The van der Waals surface area contributed by atoms with Gasteiger partial charge in [-0.1, -0.05) is 117 Å². The molecule has 0 atom stereocenters. The van der Waals surface area contributed by atoms with Gasteiger partial charge in [-0.2, -0.15) is 0 Å². The smallest absolute Gasteiger partial charge is 0.160 e. The minimum atomic E-state index is 0.722. The molecule has 2 heterocycles. The Balaban J connectivity index is 1.19. The number of aryl methyl sites for hydroxylation is 2. The van der Waals surface area contributed by atoms with E-state index in [1.54, 1.807) is 0 Å². The Morgan fingerprint density at radius 3 is 1.55 bits per heavy atom. The average molecular weight is 606 g/mol. The minimum absolute atomic E-state index is 0.722. The van der Waals surface area contributed by atoms with E-state index in [9.17, 15) is 0 Å². The van der Waals surface area contributed by atoms with Crippen molar-refractivity contribution < 1.29 is 0 Å². The van der Waals surface area contributed by atoms with Gasteiger partial charge in [-0.25, -0.2) is 9.97 Å². The summed E-state index contributed by atoms with van der Waals surface area (Å²) in [4.78, 5) is 10.0. The van der Waals surface area contributed by atoms with Crippen LogP contribution in [0.25, 0.3) is 72.5 Å². The number of fused-ring (bicyclic) bond motifs is 3. The zero-order valence-electron chi connectivity index (χ0n) is 26.7. The molecule has 0 spiro atoms. The van der Waals surface area contributed by atoms with E-state index < -0.39 is 0 Å². The first-order valence-electron chi connectivity index (χ1n) is 16.5. The lowest BCUT2D eigenvalue weighted by Gasteiger charge is -2.12. The topological polar surface area (TPSA) is 30.7 Å². The van der Waals surface area contributed by atoms with Crippen molar-refractivity contribution in [3.05, 3.63) is 163 Å². The van der Waals surface area contributed by atoms with Crippen LogP contribution in [-0.4, -0.2) is 14.5 Å². The SMILES string of the molecule is CCc1ccc2c(c1)c1cc(CC)ccc1n2-c1ccc(-c2cccc(-c3cc(-c4ccccc4)nc(-c4ccccc4)n3)c2)cc1. The fourth-order valence-electron chi connectivity index (χ4n) is 6.56. The van der Waals surface area contributed by atoms with Gasteiger partial charge in [0.15, 0.2) is 5.82 Å². The second kappa shape index (κ2) is 12.2. The molecule has 3 nitrogen and oxygen atoms in total. The van der Waals surface area contributed by atoms with Gasteiger partial charge in [0.25, 0.3) is 0 Å². The number of hydrogen-bond acceptors (Lipinski definition) is 2. The van der Waals surface area contributed by atoms with Crippen molar-refractivity contribution in [1.82, 2.24) is 14.5 Å². The molecule has 0 aliphatic rings. The van der Waals surface area contributed by atoms with Gasteiger partial charge in [0.05, 0.1) is 22.4 Å². The monoisotopic (exact) mass is 605 g/mol. The van der Waals surface area contributed by atoms with Crippen LogP contribution in [0.15, 0.2) is 152 Å². The number of nitrogens with zero attached hydrogens (tertiary/aromatic N) is 3. The molecule has 0 N–H and O–H groups in total. The van der Waals surface area contributed by atoms with Crippen LogP contribution < -0.4 is 0 Å². The second-order valence-electron chi connectivity index (χ2n) is 12.1. The Labute approximate surface area is 275 Å². The van der Waals surface area contributed by atoms with Crippen LogP contribution in [-0.2, 0) is 12.8 Å². The van der Waals surface area contributed by atoms with E-state index in [0.29, 0.717) is 0 Å². The lowest BCUT2D eigenvalue weighted by Crippen LogP contribution is -1.96. The summed E-state index contributed by atoms with van der Waals surface area (Å²) in [6.45, 7) is 4.45. The highest BCUT2D eigenvalue weighted by Gasteiger charge is 2.15. The number of aromatic nitrogens is 3. The molecule has 0 amide bonds. The standard InChI is InChI=1S/C44H35N3/c1-3-30-18-24-42-38(26-30)39-27-31(4-2)19-25-43(39)47(42)37-22-20-32(21-23-37)35-16-11-17-36(28-35)41-29-40(33-12-7-5-8-13-33)45-44(46-41)34-14-9-6-10-15-34/h5-29H,3-4H2,1-2H3. The van der Waals surface area contributed by atoms with E-state index >= 15 is 0 Å². The van der Waals surface area contributed by atoms with Crippen molar-refractivity contribution in [3.8, 4) is 50.7 Å². The molecule has 3 heteroatoms. The second-order valence-corrected chi connectivity index (χ2v) is 12.1. The summed E-state index contributed by atoms with van der Waals surface area (Å²) in [5, 5.41) is 2.64.